The molecule has 0 rings (SSSR count). The lowest BCUT2D eigenvalue weighted by Crippen LogP contribution is -1.80. The highest BCUT2D eigenvalue weighted by atomic mass is 14.6. The number of allylic oxidation sites excluding steroid dienone is 4. The topological polar surface area (TPSA) is 12.4 Å². The Morgan fingerprint density at radius 2 is 1.91 bits per heavy atom. The minimum atomic E-state index is 0.750. The Kier molecular flexibility index (Phi) is 6.70. The Balaban J connectivity index is 3.44. The van der Waals surface area contributed by atoms with Crippen molar-refractivity contribution < 1.29 is 0 Å². The van der Waals surface area contributed by atoms with Gasteiger partial charge in [0, 0.05) is 13.3 Å². The van der Waals surface area contributed by atoms with Gasteiger partial charge < -0.3 is 0 Å². The van der Waals surface area contributed by atoms with Crippen LogP contribution in [0.25, 0.3) is 0 Å². The lowest BCUT2D eigenvalue weighted by atomic mass is 10.1. The first-order chi connectivity index (χ1) is 5.27. The quantitative estimate of drug-likeness (QED) is 0.433. The molecule has 0 aromatic rings. The second-order valence-electron chi connectivity index (χ2n) is 2.85. The van der Waals surface area contributed by atoms with Crippen LogP contribution < -0.4 is 0 Å². The zero-order valence-electron chi connectivity index (χ0n) is 7.62. The van der Waals surface area contributed by atoms with Gasteiger partial charge in [0.15, 0.2) is 0 Å². The standard InChI is InChI=1S/C10H17N/c1-10(2)8-6-4-5-7-9-11-3/h4-7,9-10H,8H2,1-3H3/b6-4+,7-5-,11-9-. The molecule has 0 aliphatic rings. The Hall–Kier alpha value is -0.850. The molecule has 0 radical (unpaired) electrons. The maximum Gasteiger partial charge on any atom is 0.0277 e. The van der Waals surface area contributed by atoms with E-state index in [1.54, 1.807) is 13.3 Å². The lowest BCUT2D eigenvalue weighted by Gasteiger charge is -1.94. The number of aliphatic imine (C=N–C) groups is 1. The molecule has 0 aromatic carbocycles. The van der Waals surface area contributed by atoms with Crippen molar-refractivity contribution in [3.63, 3.8) is 0 Å². The number of nitrogens with zero attached hydrogens (tertiary/aromatic N) is 1. The molecule has 0 bridgehead atoms. The average molecular weight is 151 g/mol. The van der Waals surface area contributed by atoms with E-state index in [0.29, 0.717) is 0 Å². The molecule has 1 heteroatoms. The highest BCUT2D eigenvalue weighted by Crippen LogP contribution is 1.99. The van der Waals surface area contributed by atoms with Gasteiger partial charge in [-0.25, -0.2) is 0 Å². The molecule has 62 valence electrons. The molecule has 0 amide bonds. The molecule has 0 fully saturated rings. The summed E-state index contributed by atoms with van der Waals surface area (Å²) in [4.78, 5) is 3.82. The van der Waals surface area contributed by atoms with Crippen molar-refractivity contribution in [2.45, 2.75) is 20.3 Å². The first-order valence-corrected chi connectivity index (χ1v) is 4.01. The first kappa shape index (κ1) is 10.2. The van der Waals surface area contributed by atoms with Crippen LogP contribution in [0.1, 0.15) is 20.3 Å². The first-order valence-electron chi connectivity index (χ1n) is 4.01. The van der Waals surface area contributed by atoms with Crippen molar-refractivity contribution in [3.8, 4) is 0 Å². The van der Waals surface area contributed by atoms with Crippen LogP contribution in [-0.2, 0) is 0 Å². The number of hydrogen-bond acceptors (Lipinski definition) is 1. The summed E-state index contributed by atoms with van der Waals surface area (Å²) in [6.07, 6.45) is 11.1. The van der Waals surface area contributed by atoms with Gasteiger partial charge in [0.1, 0.15) is 0 Å². The normalized spacial score (nSPS) is 13.1. The fourth-order valence-corrected chi connectivity index (χ4v) is 0.629. The Labute approximate surface area is 69.5 Å². The van der Waals surface area contributed by atoms with Crippen LogP contribution in [-0.4, -0.2) is 13.3 Å². The van der Waals surface area contributed by atoms with E-state index >= 15 is 0 Å². The number of hydrogen-bond donors (Lipinski definition) is 0. The van der Waals surface area contributed by atoms with Crippen LogP contribution in [0.15, 0.2) is 29.3 Å². The van der Waals surface area contributed by atoms with Gasteiger partial charge in [-0.3, -0.25) is 4.99 Å². The van der Waals surface area contributed by atoms with E-state index in [2.05, 4.69) is 31.0 Å². The van der Waals surface area contributed by atoms with Crippen LogP contribution in [0.5, 0.6) is 0 Å². The summed E-state index contributed by atoms with van der Waals surface area (Å²) in [5.74, 6) is 0.750. The van der Waals surface area contributed by atoms with Crippen LogP contribution in [0, 0.1) is 5.92 Å². The molecule has 0 spiro atoms. The van der Waals surface area contributed by atoms with E-state index in [-0.39, 0.29) is 0 Å². The van der Waals surface area contributed by atoms with Gasteiger partial charge in [0.05, 0.1) is 0 Å². The SMILES string of the molecule is C\N=C/C=C\C=C\CC(C)C. The molecule has 0 aliphatic heterocycles. The smallest absolute Gasteiger partial charge is 0.0277 e. The summed E-state index contributed by atoms with van der Waals surface area (Å²) in [6.45, 7) is 4.42. The van der Waals surface area contributed by atoms with E-state index in [4.69, 9.17) is 0 Å². The third-order valence-electron chi connectivity index (χ3n) is 1.20. The molecule has 0 saturated carbocycles. The zero-order valence-corrected chi connectivity index (χ0v) is 7.62. The van der Waals surface area contributed by atoms with E-state index in [9.17, 15) is 0 Å². The van der Waals surface area contributed by atoms with Gasteiger partial charge >= 0.3 is 0 Å². The third kappa shape index (κ3) is 9.15. The van der Waals surface area contributed by atoms with E-state index in [0.717, 1.165) is 12.3 Å². The van der Waals surface area contributed by atoms with Crippen molar-refractivity contribution in [3.05, 3.63) is 24.3 Å². The molecule has 0 unspecified atom stereocenters. The van der Waals surface area contributed by atoms with Crippen molar-refractivity contribution in [1.29, 1.82) is 0 Å². The van der Waals surface area contributed by atoms with E-state index in [1.165, 1.54) is 0 Å². The number of rotatable bonds is 4. The summed E-state index contributed by atoms with van der Waals surface area (Å²) in [5, 5.41) is 0. The summed E-state index contributed by atoms with van der Waals surface area (Å²) in [5.41, 5.74) is 0. The van der Waals surface area contributed by atoms with E-state index < -0.39 is 0 Å². The van der Waals surface area contributed by atoms with Gasteiger partial charge in [-0.2, -0.15) is 0 Å². The molecular weight excluding hydrogens is 134 g/mol. The predicted octanol–water partition coefficient (Wildman–Crippen LogP) is 2.85. The van der Waals surface area contributed by atoms with Crippen LogP contribution >= 0.6 is 0 Å². The largest absolute Gasteiger partial charge is 0.297 e. The monoisotopic (exact) mass is 151 g/mol. The Bertz CT molecular complexity index is 152. The fourth-order valence-electron chi connectivity index (χ4n) is 0.629. The van der Waals surface area contributed by atoms with Crippen molar-refractivity contribution in [2.75, 3.05) is 7.05 Å². The second-order valence-corrected chi connectivity index (χ2v) is 2.85. The molecule has 0 saturated heterocycles. The molecule has 1 nitrogen and oxygen atoms in total. The second kappa shape index (κ2) is 7.26. The highest BCUT2D eigenvalue weighted by molar-refractivity contribution is 5.71. The van der Waals surface area contributed by atoms with Gasteiger partial charge in [-0.15, -0.1) is 0 Å². The van der Waals surface area contributed by atoms with Crippen molar-refractivity contribution >= 4 is 6.21 Å². The van der Waals surface area contributed by atoms with Gasteiger partial charge in [-0.05, 0) is 18.4 Å². The minimum absolute atomic E-state index is 0.750. The molecule has 0 aromatic heterocycles. The summed E-state index contributed by atoms with van der Waals surface area (Å²) < 4.78 is 0. The van der Waals surface area contributed by atoms with E-state index in [1.807, 2.05) is 12.2 Å². The summed E-state index contributed by atoms with van der Waals surface area (Å²) in [7, 11) is 1.77. The van der Waals surface area contributed by atoms with Crippen LogP contribution in [0.4, 0.5) is 0 Å². The predicted molar refractivity (Wildman–Crippen MR) is 52.2 cm³/mol. The molecule has 0 atom stereocenters. The van der Waals surface area contributed by atoms with Gasteiger partial charge in [0.2, 0.25) is 0 Å². The van der Waals surface area contributed by atoms with Crippen LogP contribution in [0.3, 0.4) is 0 Å². The zero-order chi connectivity index (χ0) is 8.53. The Morgan fingerprint density at radius 3 is 2.45 bits per heavy atom. The molecule has 11 heavy (non-hydrogen) atoms. The van der Waals surface area contributed by atoms with Crippen molar-refractivity contribution in [2.24, 2.45) is 10.9 Å². The molecule has 0 heterocycles. The van der Waals surface area contributed by atoms with Crippen molar-refractivity contribution in [1.82, 2.24) is 0 Å². The minimum Gasteiger partial charge on any atom is -0.297 e. The molecule has 0 N–H and O–H groups in total. The van der Waals surface area contributed by atoms with Gasteiger partial charge in [0.25, 0.3) is 0 Å². The average Bonchev–Trinajstić information content (AvgIpc) is 1.96. The van der Waals surface area contributed by atoms with Crippen LogP contribution in [0.2, 0.25) is 0 Å². The lowest BCUT2D eigenvalue weighted by molar-refractivity contribution is 0.664. The fraction of sp³-hybridized carbons (Fsp3) is 0.500. The third-order valence-corrected chi connectivity index (χ3v) is 1.20. The highest BCUT2D eigenvalue weighted by Gasteiger charge is 1.84. The summed E-state index contributed by atoms with van der Waals surface area (Å²) in [6, 6.07) is 0. The molecular formula is C10H17N. The molecule has 0 aliphatic carbocycles. The Morgan fingerprint density at radius 1 is 1.18 bits per heavy atom. The maximum absolute atomic E-state index is 3.82. The summed E-state index contributed by atoms with van der Waals surface area (Å²) >= 11 is 0. The van der Waals surface area contributed by atoms with Gasteiger partial charge in [-0.1, -0.05) is 32.1 Å². The maximum atomic E-state index is 3.82.